The highest BCUT2D eigenvalue weighted by atomic mass is 16.2. The Bertz CT molecular complexity index is 344. The maximum Gasteiger partial charge on any atom is 0.219 e. The Labute approximate surface area is 134 Å². The highest BCUT2D eigenvalue weighted by Crippen LogP contribution is 1.99. The van der Waals surface area contributed by atoms with Crippen molar-refractivity contribution in [3.63, 3.8) is 0 Å². The number of nitrogens with zero attached hydrogens (tertiary/aromatic N) is 3. The lowest BCUT2D eigenvalue weighted by atomic mass is 10.3. The van der Waals surface area contributed by atoms with E-state index in [-0.39, 0.29) is 17.7 Å². The second-order valence-electron chi connectivity index (χ2n) is 5.52. The average molecular weight is 313 g/mol. The summed E-state index contributed by atoms with van der Waals surface area (Å²) in [6, 6.07) is 0. The standard InChI is InChI=1S/C16H31N3O3/c1-6-8-17(14(3)20)10-12-19(16(5)22)13-11-18(9-7-2)15(4)21/h6-13H2,1-5H3. The smallest absolute Gasteiger partial charge is 0.219 e. The first-order valence-corrected chi connectivity index (χ1v) is 8.09. The third kappa shape index (κ3) is 8.00. The fourth-order valence-electron chi connectivity index (χ4n) is 2.30. The van der Waals surface area contributed by atoms with Crippen molar-refractivity contribution in [1.82, 2.24) is 14.7 Å². The van der Waals surface area contributed by atoms with Crippen molar-refractivity contribution < 1.29 is 14.4 Å². The zero-order valence-corrected chi connectivity index (χ0v) is 14.7. The van der Waals surface area contributed by atoms with Gasteiger partial charge in [0, 0.05) is 60.0 Å². The molecule has 0 spiro atoms. The fraction of sp³-hybridized carbons (Fsp3) is 0.812. The number of hydrogen-bond donors (Lipinski definition) is 0. The van der Waals surface area contributed by atoms with Crippen LogP contribution in [-0.2, 0) is 14.4 Å². The molecule has 0 saturated carbocycles. The van der Waals surface area contributed by atoms with Gasteiger partial charge in [0.25, 0.3) is 0 Å². The van der Waals surface area contributed by atoms with Crippen LogP contribution in [0.1, 0.15) is 47.5 Å². The van der Waals surface area contributed by atoms with Crippen molar-refractivity contribution in [2.24, 2.45) is 0 Å². The van der Waals surface area contributed by atoms with Gasteiger partial charge in [-0.05, 0) is 12.8 Å². The molecule has 22 heavy (non-hydrogen) atoms. The van der Waals surface area contributed by atoms with Crippen molar-refractivity contribution >= 4 is 17.7 Å². The van der Waals surface area contributed by atoms with Crippen molar-refractivity contribution in [3.05, 3.63) is 0 Å². The largest absolute Gasteiger partial charge is 0.341 e. The van der Waals surface area contributed by atoms with Crippen LogP contribution in [0.3, 0.4) is 0 Å². The van der Waals surface area contributed by atoms with Gasteiger partial charge in [0.2, 0.25) is 17.7 Å². The molecule has 6 nitrogen and oxygen atoms in total. The van der Waals surface area contributed by atoms with Crippen molar-refractivity contribution in [2.75, 3.05) is 39.3 Å². The number of rotatable bonds is 10. The molecule has 0 unspecified atom stereocenters. The Balaban J connectivity index is 4.50. The van der Waals surface area contributed by atoms with E-state index in [4.69, 9.17) is 0 Å². The molecule has 3 amide bonds. The van der Waals surface area contributed by atoms with Gasteiger partial charge in [0.1, 0.15) is 0 Å². The van der Waals surface area contributed by atoms with E-state index in [2.05, 4.69) is 0 Å². The summed E-state index contributed by atoms with van der Waals surface area (Å²) in [6.07, 6.45) is 1.79. The lowest BCUT2D eigenvalue weighted by Gasteiger charge is -2.29. The van der Waals surface area contributed by atoms with Gasteiger partial charge in [-0.15, -0.1) is 0 Å². The number of carbonyl (C=O) groups excluding carboxylic acids is 3. The first-order valence-electron chi connectivity index (χ1n) is 8.09. The van der Waals surface area contributed by atoms with Gasteiger partial charge in [0.05, 0.1) is 0 Å². The summed E-state index contributed by atoms with van der Waals surface area (Å²) in [5, 5.41) is 0. The van der Waals surface area contributed by atoms with Gasteiger partial charge >= 0.3 is 0 Å². The Kier molecular flexibility index (Phi) is 10.2. The molecule has 0 fully saturated rings. The van der Waals surface area contributed by atoms with Crippen LogP contribution in [0.2, 0.25) is 0 Å². The summed E-state index contributed by atoms with van der Waals surface area (Å²) < 4.78 is 0. The van der Waals surface area contributed by atoms with E-state index in [1.165, 1.54) is 6.92 Å². The van der Waals surface area contributed by atoms with Gasteiger partial charge in [-0.3, -0.25) is 14.4 Å². The van der Waals surface area contributed by atoms with E-state index in [0.29, 0.717) is 39.3 Å². The molecule has 0 aromatic rings. The summed E-state index contributed by atoms with van der Waals surface area (Å²) in [5.74, 6) is 0.0309. The number of hydrogen-bond acceptors (Lipinski definition) is 3. The van der Waals surface area contributed by atoms with Gasteiger partial charge in [-0.1, -0.05) is 13.8 Å². The molecule has 0 aliphatic rings. The van der Waals surface area contributed by atoms with Gasteiger partial charge in [-0.2, -0.15) is 0 Å². The molecule has 0 radical (unpaired) electrons. The highest BCUT2D eigenvalue weighted by Gasteiger charge is 2.15. The molecular formula is C16H31N3O3. The van der Waals surface area contributed by atoms with Crippen LogP contribution >= 0.6 is 0 Å². The minimum Gasteiger partial charge on any atom is -0.341 e. The van der Waals surface area contributed by atoms with Crippen LogP contribution < -0.4 is 0 Å². The molecule has 0 bridgehead atoms. The van der Waals surface area contributed by atoms with E-state index in [0.717, 1.165) is 12.8 Å². The topological polar surface area (TPSA) is 60.9 Å². The first-order chi connectivity index (χ1) is 10.3. The SMILES string of the molecule is CCCN(CCN(CCN(CCC)C(C)=O)C(C)=O)C(C)=O. The Morgan fingerprint density at radius 1 is 0.545 bits per heavy atom. The molecule has 0 N–H and O–H groups in total. The third-order valence-electron chi connectivity index (χ3n) is 3.60. The normalized spacial score (nSPS) is 10.2. The second kappa shape index (κ2) is 11.0. The van der Waals surface area contributed by atoms with Gasteiger partial charge in [0.15, 0.2) is 0 Å². The maximum atomic E-state index is 11.7. The number of amides is 3. The van der Waals surface area contributed by atoms with Crippen LogP contribution in [-0.4, -0.2) is 71.7 Å². The van der Waals surface area contributed by atoms with E-state index in [1.807, 2.05) is 13.8 Å². The van der Waals surface area contributed by atoms with Crippen LogP contribution in [0.25, 0.3) is 0 Å². The molecule has 0 aliphatic heterocycles. The molecule has 0 rings (SSSR count). The minimum absolute atomic E-state index is 0.0278. The van der Waals surface area contributed by atoms with Crippen molar-refractivity contribution in [3.8, 4) is 0 Å². The van der Waals surface area contributed by atoms with E-state index < -0.39 is 0 Å². The molecule has 6 heteroatoms. The molecule has 0 aromatic carbocycles. The van der Waals surface area contributed by atoms with Crippen molar-refractivity contribution in [1.29, 1.82) is 0 Å². The molecule has 0 heterocycles. The lowest BCUT2D eigenvalue weighted by molar-refractivity contribution is -0.134. The van der Waals surface area contributed by atoms with Crippen LogP contribution in [0.5, 0.6) is 0 Å². The Morgan fingerprint density at radius 3 is 0.955 bits per heavy atom. The van der Waals surface area contributed by atoms with E-state index in [1.54, 1.807) is 28.5 Å². The average Bonchev–Trinajstić information content (AvgIpc) is 2.43. The van der Waals surface area contributed by atoms with Crippen LogP contribution in [0.15, 0.2) is 0 Å². The molecule has 128 valence electrons. The quantitative estimate of drug-likeness (QED) is 0.612. The van der Waals surface area contributed by atoms with Crippen LogP contribution in [0, 0.1) is 0 Å². The lowest BCUT2D eigenvalue weighted by Crippen LogP contribution is -2.44. The summed E-state index contributed by atoms with van der Waals surface area (Å²) in [7, 11) is 0. The van der Waals surface area contributed by atoms with Crippen molar-refractivity contribution in [2.45, 2.75) is 47.5 Å². The molecule has 0 aromatic heterocycles. The van der Waals surface area contributed by atoms with Gasteiger partial charge < -0.3 is 14.7 Å². The zero-order valence-electron chi connectivity index (χ0n) is 14.7. The summed E-state index contributed by atoms with van der Waals surface area (Å²) >= 11 is 0. The zero-order chi connectivity index (χ0) is 17.1. The highest BCUT2D eigenvalue weighted by molar-refractivity contribution is 5.75. The maximum absolute atomic E-state index is 11.7. The van der Waals surface area contributed by atoms with Gasteiger partial charge in [-0.25, -0.2) is 0 Å². The summed E-state index contributed by atoms with van der Waals surface area (Å²) in [5.41, 5.74) is 0. The predicted octanol–water partition coefficient (Wildman–Crippen LogP) is 1.35. The third-order valence-corrected chi connectivity index (χ3v) is 3.60. The summed E-state index contributed by atoms with van der Waals surface area (Å²) in [4.78, 5) is 40.0. The molecular weight excluding hydrogens is 282 g/mol. The molecule has 0 saturated heterocycles. The summed E-state index contributed by atoms with van der Waals surface area (Å²) in [6.45, 7) is 12.2. The Morgan fingerprint density at radius 2 is 0.773 bits per heavy atom. The minimum atomic E-state index is -0.0278. The first kappa shape index (κ1) is 20.4. The van der Waals surface area contributed by atoms with Crippen LogP contribution in [0.4, 0.5) is 0 Å². The number of carbonyl (C=O) groups is 3. The Hall–Kier alpha value is -1.59. The van der Waals surface area contributed by atoms with E-state index >= 15 is 0 Å². The fourth-order valence-corrected chi connectivity index (χ4v) is 2.30. The molecule has 0 atom stereocenters. The van der Waals surface area contributed by atoms with E-state index in [9.17, 15) is 14.4 Å². The second-order valence-corrected chi connectivity index (χ2v) is 5.52. The predicted molar refractivity (Wildman–Crippen MR) is 87.3 cm³/mol. The molecule has 0 aliphatic carbocycles. The monoisotopic (exact) mass is 313 g/mol.